The summed E-state index contributed by atoms with van der Waals surface area (Å²) in [6.07, 6.45) is -7.22. The predicted molar refractivity (Wildman–Crippen MR) is 109 cm³/mol. The minimum atomic E-state index is -1.59. The van der Waals surface area contributed by atoms with E-state index in [-0.39, 0.29) is 22.9 Å². The van der Waals surface area contributed by atoms with Crippen molar-refractivity contribution in [3.63, 3.8) is 0 Å². The molecule has 5 atom stereocenters. The first-order valence-electron chi connectivity index (χ1n) is 9.78. The number of ketones is 1. The number of ether oxygens (including phenoxy) is 3. The van der Waals surface area contributed by atoms with Gasteiger partial charge in [-0.05, 0) is 12.1 Å². The van der Waals surface area contributed by atoms with Gasteiger partial charge in [0, 0.05) is 17.7 Å². The summed E-state index contributed by atoms with van der Waals surface area (Å²) in [5.41, 5.74) is 0.806. The summed E-state index contributed by atoms with van der Waals surface area (Å²) in [5, 5.41) is 40.7. The van der Waals surface area contributed by atoms with Crippen molar-refractivity contribution in [2.45, 2.75) is 37.6 Å². The first-order valence-corrected chi connectivity index (χ1v) is 9.78. The van der Waals surface area contributed by atoms with Crippen LogP contribution in [0.1, 0.15) is 27.9 Å². The lowest BCUT2D eigenvalue weighted by Crippen LogP contribution is -2.60. The van der Waals surface area contributed by atoms with E-state index >= 15 is 0 Å². The van der Waals surface area contributed by atoms with Gasteiger partial charge in [0.05, 0.1) is 24.8 Å². The highest BCUT2D eigenvalue weighted by molar-refractivity contribution is 6.16. The van der Waals surface area contributed by atoms with Crippen molar-refractivity contribution in [3.05, 3.63) is 35.7 Å². The molecule has 1 fully saturated rings. The number of esters is 1. The highest BCUT2D eigenvalue weighted by Crippen LogP contribution is 2.35. The molecule has 0 bridgehead atoms. The number of carbonyl (C=O) groups excluding carboxylic acids is 2. The number of para-hydroxylation sites is 1. The highest BCUT2D eigenvalue weighted by atomic mass is 16.7. The van der Waals surface area contributed by atoms with Crippen LogP contribution in [0.15, 0.2) is 24.3 Å². The normalized spacial score (nSPS) is 25.8. The lowest BCUT2D eigenvalue weighted by Gasteiger charge is -2.39. The molecule has 5 unspecified atom stereocenters. The van der Waals surface area contributed by atoms with Gasteiger partial charge in [0.2, 0.25) is 6.29 Å². The standard InChI is InChI=1S/C21H22N2O9/c1-8(25)14-16-10(6-11(22-14)20(29)30-2)9-4-3-5-12(15(9)23-16)31-21-19(28)18(27)17(26)13(7-24)32-21/h3-6,13,17-19,21,23-24,26-28H,7H2,1-2H3. The Morgan fingerprint density at radius 1 is 1.12 bits per heavy atom. The van der Waals surface area contributed by atoms with Crippen LogP contribution in [-0.2, 0) is 9.47 Å². The third-order valence-corrected chi connectivity index (χ3v) is 5.41. The zero-order valence-corrected chi connectivity index (χ0v) is 17.2. The smallest absolute Gasteiger partial charge is 0.356 e. The Hall–Kier alpha value is -3.09. The van der Waals surface area contributed by atoms with Crippen molar-refractivity contribution < 1.29 is 44.2 Å². The molecular formula is C21H22N2O9. The Kier molecular flexibility index (Phi) is 5.84. The maximum atomic E-state index is 12.2. The second-order valence-electron chi connectivity index (χ2n) is 7.45. The molecule has 1 aromatic carbocycles. The fourth-order valence-corrected chi connectivity index (χ4v) is 3.75. The molecule has 0 spiro atoms. The Morgan fingerprint density at radius 2 is 1.88 bits per heavy atom. The van der Waals surface area contributed by atoms with Crippen LogP contribution in [0.5, 0.6) is 5.75 Å². The van der Waals surface area contributed by atoms with E-state index in [0.717, 1.165) is 0 Å². The summed E-state index contributed by atoms with van der Waals surface area (Å²) in [5.74, 6) is -0.863. The fourth-order valence-electron chi connectivity index (χ4n) is 3.75. The summed E-state index contributed by atoms with van der Waals surface area (Å²) in [4.78, 5) is 31.4. The minimum absolute atomic E-state index is 0.0358. The highest BCUT2D eigenvalue weighted by Gasteiger charge is 2.44. The van der Waals surface area contributed by atoms with Gasteiger partial charge in [-0.1, -0.05) is 12.1 Å². The summed E-state index contributed by atoms with van der Waals surface area (Å²) in [6, 6.07) is 6.45. The number of Topliss-reactive ketones (excluding diaryl/α,β-unsaturated/α-hetero) is 1. The Morgan fingerprint density at radius 3 is 2.53 bits per heavy atom. The summed E-state index contributed by atoms with van der Waals surface area (Å²) in [7, 11) is 1.21. The lowest BCUT2D eigenvalue weighted by atomic mass is 9.99. The van der Waals surface area contributed by atoms with Crippen LogP contribution in [-0.4, -0.2) is 86.6 Å². The predicted octanol–water partition coefficient (Wildman–Crippen LogP) is -0.116. The number of aromatic amines is 1. The average Bonchev–Trinajstić information content (AvgIpc) is 3.17. The lowest BCUT2D eigenvalue weighted by molar-refractivity contribution is -0.277. The van der Waals surface area contributed by atoms with Gasteiger partial charge >= 0.3 is 5.97 Å². The maximum absolute atomic E-state index is 12.2. The van der Waals surface area contributed by atoms with Crippen LogP contribution < -0.4 is 4.74 Å². The number of methoxy groups -OCH3 is 1. The molecule has 11 heteroatoms. The van der Waals surface area contributed by atoms with Crippen LogP contribution in [0, 0.1) is 0 Å². The molecule has 0 saturated carbocycles. The molecule has 0 amide bonds. The topological polar surface area (TPSA) is 171 Å². The number of benzene rings is 1. The average molecular weight is 446 g/mol. The summed E-state index contributed by atoms with van der Waals surface area (Å²) >= 11 is 0. The van der Waals surface area contributed by atoms with Crippen molar-refractivity contribution >= 4 is 33.6 Å². The van der Waals surface area contributed by atoms with Gasteiger partial charge in [-0.2, -0.15) is 0 Å². The number of nitrogens with zero attached hydrogens (tertiary/aromatic N) is 1. The number of aromatic nitrogens is 2. The minimum Gasteiger partial charge on any atom is -0.464 e. The fraction of sp³-hybridized carbons (Fsp3) is 0.381. The van der Waals surface area contributed by atoms with Crippen LogP contribution in [0.2, 0.25) is 0 Å². The van der Waals surface area contributed by atoms with Crippen LogP contribution in [0.25, 0.3) is 21.8 Å². The molecule has 1 aliphatic rings. The van der Waals surface area contributed by atoms with Gasteiger partial charge in [0.15, 0.2) is 5.78 Å². The van der Waals surface area contributed by atoms with Crippen LogP contribution in [0.4, 0.5) is 0 Å². The second kappa shape index (κ2) is 8.45. The van der Waals surface area contributed by atoms with Crippen molar-refractivity contribution in [3.8, 4) is 5.75 Å². The second-order valence-corrected chi connectivity index (χ2v) is 7.45. The molecule has 3 heterocycles. The number of nitrogens with one attached hydrogen (secondary N) is 1. The monoisotopic (exact) mass is 446 g/mol. The molecule has 0 radical (unpaired) electrons. The number of aliphatic hydroxyl groups is 4. The third kappa shape index (κ3) is 3.59. The zero-order chi connectivity index (χ0) is 23.2. The van der Waals surface area contributed by atoms with E-state index in [1.807, 2.05) is 0 Å². The van der Waals surface area contributed by atoms with E-state index in [2.05, 4.69) is 9.97 Å². The van der Waals surface area contributed by atoms with E-state index in [4.69, 9.17) is 14.2 Å². The van der Waals surface area contributed by atoms with Gasteiger partial charge in [-0.15, -0.1) is 0 Å². The zero-order valence-electron chi connectivity index (χ0n) is 17.2. The number of hydrogen-bond acceptors (Lipinski definition) is 10. The van der Waals surface area contributed by atoms with E-state index in [0.29, 0.717) is 21.8 Å². The van der Waals surface area contributed by atoms with Gasteiger partial charge in [-0.25, -0.2) is 9.78 Å². The molecule has 4 rings (SSSR count). The Balaban J connectivity index is 1.82. The molecule has 170 valence electrons. The van der Waals surface area contributed by atoms with Crippen molar-refractivity contribution in [2.75, 3.05) is 13.7 Å². The van der Waals surface area contributed by atoms with E-state index in [1.54, 1.807) is 18.2 Å². The van der Waals surface area contributed by atoms with Gasteiger partial charge in [0.25, 0.3) is 0 Å². The molecule has 5 N–H and O–H groups in total. The molecule has 11 nitrogen and oxygen atoms in total. The Bertz CT molecular complexity index is 1190. The largest absolute Gasteiger partial charge is 0.464 e. The van der Waals surface area contributed by atoms with Crippen LogP contribution >= 0.6 is 0 Å². The van der Waals surface area contributed by atoms with Crippen molar-refractivity contribution in [1.82, 2.24) is 9.97 Å². The number of aliphatic hydroxyl groups excluding tert-OH is 4. The van der Waals surface area contributed by atoms with Crippen molar-refractivity contribution in [2.24, 2.45) is 0 Å². The SMILES string of the molecule is COC(=O)c1cc2c([nH]c3c(OC4OC(CO)C(O)C(O)C4O)cccc32)c(C(C)=O)n1. The van der Waals surface area contributed by atoms with Gasteiger partial charge in [-0.3, -0.25) is 4.79 Å². The first kappa shape index (κ1) is 22.1. The third-order valence-electron chi connectivity index (χ3n) is 5.41. The van der Waals surface area contributed by atoms with E-state index in [1.165, 1.54) is 20.1 Å². The Labute approximate surface area is 181 Å². The van der Waals surface area contributed by atoms with Crippen molar-refractivity contribution in [1.29, 1.82) is 0 Å². The molecule has 1 aliphatic heterocycles. The summed E-state index contributed by atoms with van der Waals surface area (Å²) in [6.45, 7) is 0.727. The van der Waals surface area contributed by atoms with E-state index < -0.39 is 43.3 Å². The molecule has 1 saturated heterocycles. The van der Waals surface area contributed by atoms with Gasteiger partial charge in [0.1, 0.15) is 41.6 Å². The molecule has 3 aromatic rings. The molecular weight excluding hydrogens is 424 g/mol. The summed E-state index contributed by atoms with van der Waals surface area (Å²) < 4.78 is 15.9. The van der Waals surface area contributed by atoms with Gasteiger partial charge < -0.3 is 39.6 Å². The molecule has 2 aromatic heterocycles. The first-order chi connectivity index (χ1) is 15.3. The van der Waals surface area contributed by atoms with E-state index in [9.17, 15) is 30.0 Å². The number of H-pyrrole nitrogens is 1. The number of carbonyl (C=O) groups is 2. The number of rotatable bonds is 5. The van der Waals surface area contributed by atoms with Crippen LogP contribution in [0.3, 0.4) is 0 Å². The number of fused-ring (bicyclic) bond motifs is 3. The number of hydrogen-bond donors (Lipinski definition) is 5. The quantitative estimate of drug-likeness (QED) is 0.263. The molecule has 32 heavy (non-hydrogen) atoms. The maximum Gasteiger partial charge on any atom is 0.356 e. The molecule has 0 aliphatic carbocycles. The number of pyridine rings is 1.